The molecule has 1 fully saturated rings. The van der Waals surface area contributed by atoms with Gasteiger partial charge in [-0.15, -0.1) is 0 Å². The number of aromatic nitrogens is 2. The molecule has 7 nitrogen and oxygen atoms in total. The van der Waals surface area contributed by atoms with E-state index in [0.717, 1.165) is 45.2 Å². The zero-order chi connectivity index (χ0) is 18.5. The van der Waals surface area contributed by atoms with Gasteiger partial charge in [-0.25, -0.2) is 0 Å². The van der Waals surface area contributed by atoms with E-state index in [1.54, 1.807) is 0 Å². The van der Waals surface area contributed by atoms with Crippen molar-refractivity contribution in [2.75, 3.05) is 53.4 Å². The molecular formula is C19H33N7. The van der Waals surface area contributed by atoms with Crippen LogP contribution in [-0.4, -0.2) is 89.8 Å². The predicted molar refractivity (Wildman–Crippen MR) is 106 cm³/mol. The Bertz CT molecular complexity index is 626. The van der Waals surface area contributed by atoms with E-state index >= 15 is 0 Å². The highest BCUT2D eigenvalue weighted by Gasteiger charge is 2.29. The third-order valence-corrected chi connectivity index (χ3v) is 5.31. The average molecular weight is 360 g/mol. The largest absolute Gasteiger partial charge is 0.357 e. The quantitative estimate of drug-likeness (QED) is 0.465. The van der Waals surface area contributed by atoms with Crippen molar-refractivity contribution in [2.24, 2.45) is 12.0 Å². The molecule has 26 heavy (non-hydrogen) atoms. The molecule has 3 rings (SSSR count). The fourth-order valence-corrected chi connectivity index (χ4v) is 3.80. The van der Waals surface area contributed by atoms with Gasteiger partial charge in [0.2, 0.25) is 0 Å². The van der Waals surface area contributed by atoms with Crippen molar-refractivity contribution in [3.05, 3.63) is 30.1 Å². The number of aryl methyl sites for hydroxylation is 1. The van der Waals surface area contributed by atoms with Crippen LogP contribution in [0.2, 0.25) is 0 Å². The van der Waals surface area contributed by atoms with Gasteiger partial charge in [0.25, 0.3) is 0 Å². The summed E-state index contributed by atoms with van der Waals surface area (Å²) < 4.78 is 1.86. The lowest BCUT2D eigenvalue weighted by Gasteiger charge is -2.26. The first kappa shape index (κ1) is 18.9. The number of aliphatic imine (C=N–C) groups is 1. The number of hydrogen-bond acceptors (Lipinski definition) is 4. The Morgan fingerprint density at radius 1 is 1.38 bits per heavy atom. The highest BCUT2D eigenvalue weighted by molar-refractivity contribution is 5.80. The first-order valence-corrected chi connectivity index (χ1v) is 9.65. The van der Waals surface area contributed by atoms with Crippen LogP contribution < -0.4 is 5.32 Å². The number of rotatable bonds is 6. The average Bonchev–Trinajstić information content (AvgIpc) is 3.35. The number of hydrogen-bond donors (Lipinski definition) is 1. The molecule has 2 atom stereocenters. The standard InChI is InChI=1S/C19H33N7/c1-5-20-19(26-11-8-17(15-26)25-9-6-7-10-25)21-13-18(23(2)3)16-12-22-24(4)14-16/h6-7,12,14,17-18H,5,8-11,13,15H2,1-4H3,(H,20,21). The van der Waals surface area contributed by atoms with E-state index in [9.17, 15) is 0 Å². The third kappa shape index (κ3) is 4.45. The first-order chi connectivity index (χ1) is 12.6. The van der Waals surface area contributed by atoms with Gasteiger partial charge in [-0.05, 0) is 27.4 Å². The van der Waals surface area contributed by atoms with Crippen molar-refractivity contribution in [2.45, 2.75) is 25.4 Å². The monoisotopic (exact) mass is 359 g/mol. The fourth-order valence-electron chi connectivity index (χ4n) is 3.80. The Hall–Kier alpha value is -1.86. The van der Waals surface area contributed by atoms with Gasteiger partial charge in [0.1, 0.15) is 0 Å². The van der Waals surface area contributed by atoms with Crippen molar-refractivity contribution in [1.29, 1.82) is 0 Å². The molecule has 3 heterocycles. The predicted octanol–water partition coefficient (Wildman–Crippen LogP) is 0.934. The summed E-state index contributed by atoms with van der Waals surface area (Å²) >= 11 is 0. The van der Waals surface area contributed by atoms with Gasteiger partial charge >= 0.3 is 0 Å². The minimum Gasteiger partial charge on any atom is -0.357 e. The van der Waals surface area contributed by atoms with E-state index in [4.69, 9.17) is 4.99 Å². The maximum Gasteiger partial charge on any atom is 0.194 e. The molecule has 144 valence electrons. The van der Waals surface area contributed by atoms with Crippen LogP contribution in [0, 0.1) is 0 Å². The molecule has 0 saturated carbocycles. The number of nitrogens with zero attached hydrogens (tertiary/aromatic N) is 6. The molecule has 0 spiro atoms. The molecule has 2 unspecified atom stereocenters. The molecule has 1 N–H and O–H groups in total. The normalized spacial score (nSPS) is 22.6. The highest BCUT2D eigenvalue weighted by Crippen LogP contribution is 2.20. The second-order valence-electron chi connectivity index (χ2n) is 7.44. The Balaban J connectivity index is 1.66. The van der Waals surface area contributed by atoms with E-state index in [-0.39, 0.29) is 6.04 Å². The van der Waals surface area contributed by atoms with Crippen LogP contribution in [0.5, 0.6) is 0 Å². The van der Waals surface area contributed by atoms with E-state index in [2.05, 4.69) is 64.5 Å². The molecule has 1 aromatic heterocycles. The first-order valence-electron chi connectivity index (χ1n) is 9.65. The summed E-state index contributed by atoms with van der Waals surface area (Å²) in [6.07, 6.45) is 9.79. The maximum atomic E-state index is 4.98. The zero-order valence-corrected chi connectivity index (χ0v) is 16.6. The fraction of sp³-hybridized carbons (Fsp3) is 0.684. The molecule has 1 aromatic rings. The number of guanidine groups is 1. The van der Waals surface area contributed by atoms with Crippen molar-refractivity contribution in [3.63, 3.8) is 0 Å². The van der Waals surface area contributed by atoms with Crippen LogP contribution in [0.1, 0.15) is 24.9 Å². The molecule has 2 aliphatic rings. The van der Waals surface area contributed by atoms with Gasteiger partial charge in [0.15, 0.2) is 5.96 Å². The van der Waals surface area contributed by atoms with E-state index in [1.165, 1.54) is 12.0 Å². The molecule has 0 bridgehead atoms. The van der Waals surface area contributed by atoms with Crippen LogP contribution in [-0.2, 0) is 7.05 Å². The SMILES string of the molecule is CCNC(=NCC(c1cnn(C)c1)N(C)C)N1CCC(N2CC=CC2)C1. The van der Waals surface area contributed by atoms with Gasteiger partial charge < -0.3 is 15.1 Å². The molecule has 0 amide bonds. The molecular weight excluding hydrogens is 326 g/mol. The van der Waals surface area contributed by atoms with Gasteiger partial charge in [-0.2, -0.15) is 5.10 Å². The topological polar surface area (TPSA) is 51.9 Å². The number of likely N-dealkylation sites (N-methyl/N-ethyl adjacent to an activating group) is 1. The summed E-state index contributed by atoms with van der Waals surface area (Å²) in [5, 5.41) is 7.81. The second kappa shape index (κ2) is 8.68. The summed E-state index contributed by atoms with van der Waals surface area (Å²) in [5.74, 6) is 1.04. The molecule has 7 heteroatoms. The van der Waals surface area contributed by atoms with Crippen LogP contribution in [0.25, 0.3) is 0 Å². The summed E-state index contributed by atoms with van der Waals surface area (Å²) in [7, 11) is 6.17. The lowest BCUT2D eigenvalue weighted by molar-refractivity contribution is 0.259. The Labute approximate surface area is 157 Å². The van der Waals surface area contributed by atoms with E-state index in [0.29, 0.717) is 6.04 Å². The van der Waals surface area contributed by atoms with Gasteiger partial charge in [0.05, 0.1) is 18.8 Å². The van der Waals surface area contributed by atoms with E-state index < -0.39 is 0 Å². The van der Waals surface area contributed by atoms with Gasteiger partial charge in [-0.1, -0.05) is 12.2 Å². The highest BCUT2D eigenvalue weighted by atomic mass is 15.3. The van der Waals surface area contributed by atoms with Gasteiger partial charge in [0, 0.05) is 57.6 Å². The number of nitrogens with one attached hydrogen (secondary N) is 1. The lowest BCUT2D eigenvalue weighted by Crippen LogP contribution is -2.43. The van der Waals surface area contributed by atoms with Crippen LogP contribution in [0.3, 0.4) is 0 Å². The minimum absolute atomic E-state index is 0.235. The van der Waals surface area contributed by atoms with E-state index in [1.807, 2.05) is 17.9 Å². The smallest absolute Gasteiger partial charge is 0.194 e. The molecule has 0 radical (unpaired) electrons. The van der Waals surface area contributed by atoms with Crippen molar-refractivity contribution < 1.29 is 0 Å². The Morgan fingerprint density at radius 2 is 2.15 bits per heavy atom. The number of likely N-dealkylation sites (tertiary alicyclic amines) is 1. The molecule has 0 aromatic carbocycles. The minimum atomic E-state index is 0.235. The Morgan fingerprint density at radius 3 is 2.77 bits per heavy atom. The second-order valence-corrected chi connectivity index (χ2v) is 7.44. The van der Waals surface area contributed by atoms with Crippen molar-refractivity contribution in [3.8, 4) is 0 Å². The Kier molecular flexibility index (Phi) is 6.32. The molecule has 0 aliphatic carbocycles. The molecule has 1 saturated heterocycles. The van der Waals surface area contributed by atoms with Crippen molar-refractivity contribution in [1.82, 2.24) is 29.8 Å². The summed E-state index contributed by atoms with van der Waals surface area (Å²) in [6.45, 7) is 8.08. The van der Waals surface area contributed by atoms with Crippen LogP contribution >= 0.6 is 0 Å². The van der Waals surface area contributed by atoms with Crippen LogP contribution in [0.4, 0.5) is 0 Å². The van der Waals surface area contributed by atoms with Crippen molar-refractivity contribution >= 4 is 5.96 Å². The van der Waals surface area contributed by atoms with Gasteiger partial charge in [-0.3, -0.25) is 14.6 Å². The third-order valence-electron chi connectivity index (χ3n) is 5.31. The molecule has 2 aliphatic heterocycles. The maximum absolute atomic E-state index is 4.98. The zero-order valence-electron chi connectivity index (χ0n) is 16.6. The summed E-state index contributed by atoms with van der Waals surface area (Å²) in [4.78, 5) is 12.2. The lowest BCUT2D eigenvalue weighted by atomic mass is 10.1. The van der Waals surface area contributed by atoms with Crippen LogP contribution in [0.15, 0.2) is 29.5 Å². The summed E-state index contributed by atoms with van der Waals surface area (Å²) in [6, 6.07) is 0.871. The summed E-state index contributed by atoms with van der Waals surface area (Å²) in [5.41, 5.74) is 1.21.